The van der Waals surface area contributed by atoms with Gasteiger partial charge in [0.1, 0.15) is 35.7 Å². The van der Waals surface area contributed by atoms with Crippen LogP contribution in [0.25, 0.3) is 0 Å². The number of aromatic hydroxyl groups is 1. The van der Waals surface area contributed by atoms with Crippen LogP contribution in [0.3, 0.4) is 0 Å². The van der Waals surface area contributed by atoms with Crippen LogP contribution in [-0.4, -0.2) is 127 Å². The molecule has 0 aliphatic rings. The van der Waals surface area contributed by atoms with Gasteiger partial charge >= 0.3 is 11.9 Å². The lowest BCUT2D eigenvalue weighted by Gasteiger charge is -2.36. The number of hydrogen-bond acceptors (Lipinski definition) is 10. The van der Waals surface area contributed by atoms with E-state index in [-0.39, 0.29) is 18.6 Å². The molecule has 3 aromatic rings. The van der Waals surface area contributed by atoms with Gasteiger partial charge in [0.05, 0.1) is 14.2 Å². The van der Waals surface area contributed by atoms with Crippen LogP contribution in [0.2, 0.25) is 0 Å². The van der Waals surface area contributed by atoms with E-state index in [0.29, 0.717) is 35.5 Å². The zero-order valence-corrected chi connectivity index (χ0v) is 35.4. The van der Waals surface area contributed by atoms with Crippen LogP contribution in [0.4, 0.5) is 0 Å². The van der Waals surface area contributed by atoms with Gasteiger partial charge in [-0.05, 0) is 85.9 Å². The second-order valence-electron chi connectivity index (χ2n) is 15.2. The minimum Gasteiger partial charge on any atom is -0.593 e. The van der Waals surface area contributed by atoms with Crippen LogP contribution in [0.1, 0.15) is 50.8 Å². The Bertz CT molecular complexity index is 1820. The normalized spacial score (nSPS) is 14.3. The van der Waals surface area contributed by atoms with Crippen LogP contribution >= 0.6 is 0 Å². The fourth-order valence-electron chi connectivity index (χ4n) is 6.44. The number of carbonyl (C=O) groups excluding carboxylic acids is 5. The van der Waals surface area contributed by atoms with Crippen molar-refractivity contribution in [1.82, 2.24) is 20.0 Å². The molecule has 0 unspecified atom stereocenters. The van der Waals surface area contributed by atoms with E-state index in [0.717, 1.165) is 5.56 Å². The van der Waals surface area contributed by atoms with Crippen LogP contribution in [0, 0.1) is 11.8 Å². The van der Waals surface area contributed by atoms with Crippen LogP contribution < -0.4 is 10.1 Å². The number of hydrogen-bond donors (Lipinski definition) is 2. The summed E-state index contributed by atoms with van der Waals surface area (Å²) in [6, 6.07) is 16.0. The standard InChI is InChI=1S/C44H60N4O10/c1-11-28(4)39(58-44(55)36(46(5)6)25-31-16-22-34(56-9)23-17-31)40(51)45-38(27(2)3)42(53)47(7)35(24-29-12-18-32(49)19-13-29)41(52)48(8)37(43(54)57-10)26-30-14-20-33(50)21-15-30/h12-23,27-28,35-39,49-50H,11,24-26H2,1-10H3,(H,45,51)/p+1/t28-,35-,36-,37-,38-,39+/m1/s1. The van der Waals surface area contributed by atoms with E-state index in [9.17, 15) is 29.1 Å². The summed E-state index contributed by atoms with van der Waals surface area (Å²) in [6.07, 6.45) is -0.295. The highest BCUT2D eigenvalue weighted by Gasteiger charge is 2.40. The van der Waals surface area contributed by atoms with E-state index in [1.807, 2.05) is 19.1 Å². The molecular formula is C44H61N4O10+. The van der Waals surface area contributed by atoms with Gasteiger partial charge in [-0.3, -0.25) is 24.1 Å². The first-order valence-corrected chi connectivity index (χ1v) is 19.4. The Morgan fingerprint density at radius 1 is 0.690 bits per heavy atom. The number of amides is 3. The van der Waals surface area contributed by atoms with Gasteiger partial charge in [0.25, 0.3) is 11.7 Å². The van der Waals surface area contributed by atoms with Crippen molar-refractivity contribution < 1.29 is 48.4 Å². The Kier molecular flexibility index (Phi) is 17.5. The van der Waals surface area contributed by atoms with Gasteiger partial charge in [0, 0.05) is 45.0 Å². The summed E-state index contributed by atoms with van der Waals surface area (Å²) in [4.78, 5) is 74.3. The van der Waals surface area contributed by atoms with Gasteiger partial charge < -0.3 is 39.5 Å². The van der Waals surface area contributed by atoms with Crippen molar-refractivity contribution in [2.75, 3.05) is 42.4 Å². The number of nitrogens with zero attached hydrogens (tertiary/aromatic N) is 3. The van der Waals surface area contributed by atoms with E-state index in [1.165, 1.54) is 43.1 Å². The predicted octanol–water partition coefficient (Wildman–Crippen LogP) is 3.72. The number of phenols is 1. The maximum absolute atomic E-state index is 14.5. The highest BCUT2D eigenvalue weighted by molar-refractivity contribution is 5.95. The molecular weight excluding hydrogens is 745 g/mol. The molecule has 0 fully saturated rings. The summed E-state index contributed by atoms with van der Waals surface area (Å²) < 4.78 is 16.3. The average molecular weight is 806 g/mol. The molecule has 0 saturated carbocycles. The average Bonchev–Trinajstić information content (AvgIpc) is 3.21. The van der Waals surface area contributed by atoms with Crippen molar-refractivity contribution in [1.29, 1.82) is 0 Å². The van der Waals surface area contributed by atoms with E-state index in [4.69, 9.17) is 19.3 Å². The predicted molar refractivity (Wildman–Crippen MR) is 220 cm³/mol. The van der Waals surface area contributed by atoms with Gasteiger partial charge in [-0.2, -0.15) is 0 Å². The minimum atomic E-state index is -1.22. The summed E-state index contributed by atoms with van der Waals surface area (Å²) in [5.74, 6) is -2.91. The lowest BCUT2D eigenvalue weighted by Crippen LogP contribution is -2.59. The highest BCUT2D eigenvalue weighted by Crippen LogP contribution is 2.22. The summed E-state index contributed by atoms with van der Waals surface area (Å²) in [5.41, 5.74) is 2.20. The molecule has 0 aromatic heterocycles. The van der Waals surface area contributed by atoms with Crippen molar-refractivity contribution in [2.45, 2.75) is 83.6 Å². The number of benzene rings is 3. The third-order valence-corrected chi connectivity index (χ3v) is 10.5. The van der Waals surface area contributed by atoms with Gasteiger partial charge in [-0.15, -0.1) is 0 Å². The second kappa shape index (κ2) is 21.8. The molecule has 0 spiro atoms. The maximum Gasteiger partial charge on any atom is 0.328 e. The zero-order valence-electron chi connectivity index (χ0n) is 35.4. The number of rotatable bonds is 20. The monoisotopic (exact) mass is 805 g/mol. The molecule has 0 aliphatic heterocycles. The number of carbonyl (C=O) groups is 5. The molecule has 3 aromatic carbocycles. The first-order chi connectivity index (χ1) is 27.4. The quantitative estimate of drug-likeness (QED) is 0.126. The summed E-state index contributed by atoms with van der Waals surface area (Å²) in [6.45, 7) is 7.19. The first-order valence-electron chi connectivity index (χ1n) is 19.4. The number of nitrogens with one attached hydrogen (secondary N) is 1. The molecule has 316 valence electrons. The minimum absolute atomic E-state index is 0.0130. The number of phenolic OH excluding ortho intramolecular Hbond substituents is 1. The Morgan fingerprint density at radius 3 is 1.66 bits per heavy atom. The Hall–Kier alpha value is -5.63. The number of ether oxygens (including phenoxy) is 3. The summed E-state index contributed by atoms with van der Waals surface area (Å²) >= 11 is 0. The number of likely N-dealkylation sites (N-methyl/N-ethyl adjacent to an activating group) is 3. The molecule has 0 radical (unpaired) electrons. The smallest absolute Gasteiger partial charge is 0.328 e. The third-order valence-electron chi connectivity index (χ3n) is 10.5. The fraction of sp³-hybridized carbons (Fsp3) is 0.477. The lowest BCUT2D eigenvalue weighted by atomic mass is 9.96. The third kappa shape index (κ3) is 12.7. The van der Waals surface area contributed by atoms with E-state index >= 15 is 0 Å². The van der Waals surface area contributed by atoms with Crippen LogP contribution in [0.15, 0.2) is 72.8 Å². The Balaban J connectivity index is 1.92. The van der Waals surface area contributed by atoms with Gasteiger partial charge in [0.2, 0.25) is 11.8 Å². The fourth-order valence-corrected chi connectivity index (χ4v) is 6.44. The molecule has 14 nitrogen and oxygen atoms in total. The SMILES string of the molecule is CC[C@@H](C)[C@H](OC(=O)[C@@H](Cc1ccc(OC)cc1)N(C)C)C(=O)N[C@@H](C(=O)N(C)[C@H](Cc1ccc(O)cc1)C(=O)N(C)[C@H](Cc1ccc([OH2+])cc1)C(=O)OC)C(C)C. The Morgan fingerprint density at radius 2 is 1.17 bits per heavy atom. The molecule has 0 bridgehead atoms. The van der Waals surface area contributed by atoms with Crippen molar-refractivity contribution in [3.8, 4) is 17.2 Å². The van der Waals surface area contributed by atoms with Crippen molar-refractivity contribution >= 4 is 29.7 Å². The van der Waals surface area contributed by atoms with Crippen LogP contribution in [0.5, 0.6) is 17.2 Å². The molecule has 58 heavy (non-hydrogen) atoms. The molecule has 4 N–H and O–H groups in total. The largest absolute Gasteiger partial charge is 0.593 e. The van der Waals surface area contributed by atoms with E-state index in [1.54, 1.807) is 95.4 Å². The molecule has 0 heterocycles. The van der Waals surface area contributed by atoms with Crippen molar-refractivity contribution in [3.63, 3.8) is 0 Å². The van der Waals surface area contributed by atoms with Crippen LogP contribution in [-0.2, 0) is 52.7 Å². The lowest BCUT2D eigenvalue weighted by molar-refractivity contribution is -0.164. The zero-order chi connectivity index (χ0) is 43.3. The molecule has 0 aliphatic carbocycles. The van der Waals surface area contributed by atoms with Crippen molar-refractivity contribution in [2.24, 2.45) is 11.8 Å². The van der Waals surface area contributed by atoms with E-state index < -0.39 is 71.8 Å². The highest BCUT2D eigenvalue weighted by atomic mass is 16.6. The van der Waals surface area contributed by atoms with Gasteiger partial charge in [-0.25, -0.2) is 4.79 Å². The molecule has 0 saturated heterocycles. The van der Waals surface area contributed by atoms with Gasteiger partial charge in [0.15, 0.2) is 6.10 Å². The number of esters is 2. The number of methoxy groups -OCH3 is 2. The molecule has 14 heteroatoms. The first kappa shape index (κ1) is 46.8. The summed E-state index contributed by atoms with van der Waals surface area (Å²) in [5, 5.41) is 20.6. The topological polar surface area (TPSA) is 178 Å². The van der Waals surface area contributed by atoms with Crippen molar-refractivity contribution in [3.05, 3.63) is 89.5 Å². The second-order valence-corrected chi connectivity index (χ2v) is 15.2. The maximum atomic E-state index is 14.5. The molecule has 3 rings (SSSR count). The summed E-state index contributed by atoms with van der Waals surface area (Å²) in [7, 11) is 9.25. The molecule has 3 amide bonds. The van der Waals surface area contributed by atoms with E-state index in [2.05, 4.69) is 5.32 Å². The van der Waals surface area contributed by atoms with Gasteiger partial charge in [-0.1, -0.05) is 52.0 Å². The molecule has 6 atom stereocenters. The Labute approximate surface area is 342 Å².